The Morgan fingerprint density at radius 2 is 1.52 bits per heavy atom. The number of benzene rings is 2. The van der Waals surface area contributed by atoms with E-state index in [-0.39, 0.29) is 28.5 Å². The maximum absolute atomic E-state index is 13.6. The molecule has 1 atom stereocenters. The van der Waals surface area contributed by atoms with E-state index in [2.05, 4.69) is 32.6 Å². The highest BCUT2D eigenvalue weighted by Gasteiger charge is 2.50. The predicted octanol–water partition coefficient (Wildman–Crippen LogP) is 1.13. The van der Waals surface area contributed by atoms with Crippen molar-refractivity contribution in [3.8, 4) is 11.8 Å². The molecule has 2 bridgehead atoms. The number of piperidine rings is 3. The zero-order valence-corrected chi connectivity index (χ0v) is 21.3. The lowest BCUT2D eigenvalue weighted by atomic mass is 9.82. The molecule has 0 saturated carbocycles. The second-order valence-corrected chi connectivity index (χ2v) is 10.4. The molecule has 2 aromatic carbocycles. The second kappa shape index (κ2) is 10.0. The molecular weight excluding hydrogens is 478 g/mol. The zero-order chi connectivity index (χ0) is 22.8. The van der Waals surface area contributed by atoms with Gasteiger partial charge >= 0.3 is 5.97 Å². The summed E-state index contributed by atoms with van der Waals surface area (Å²) in [6.07, 6.45) is 1.87. The van der Waals surface area contributed by atoms with Crippen LogP contribution in [0.25, 0.3) is 0 Å². The van der Waals surface area contributed by atoms with Gasteiger partial charge in [0.25, 0.3) is 0 Å². The first-order valence-electron chi connectivity index (χ1n) is 11.6. The van der Waals surface area contributed by atoms with E-state index < -0.39 is 11.6 Å². The number of esters is 1. The number of quaternary nitrogens is 1. The van der Waals surface area contributed by atoms with Gasteiger partial charge in [-0.25, -0.2) is 4.79 Å². The lowest BCUT2D eigenvalue weighted by Crippen LogP contribution is -3.00. The Balaban J connectivity index is 0.00000306. The molecular formula is C28H34BrNO3. The third-order valence-corrected chi connectivity index (χ3v) is 6.86. The van der Waals surface area contributed by atoms with E-state index in [0.717, 1.165) is 43.5 Å². The first-order chi connectivity index (χ1) is 15.2. The number of hydrogen-bond acceptors (Lipinski definition) is 3. The van der Waals surface area contributed by atoms with Crippen molar-refractivity contribution in [3.05, 3.63) is 71.8 Å². The molecule has 3 aliphatic rings. The lowest BCUT2D eigenvalue weighted by Gasteiger charge is -2.51. The summed E-state index contributed by atoms with van der Waals surface area (Å²) < 4.78 is 7.00. The Kier molecular flexibility index (Phi) is 7.73. The lowest BCUT2D eigenvalue weighted by molar-refractivity contribution is -0.939. The normalized spacial score (nSPS) is 24.2. The Morgan fingerprint density at radius 3 is 2.00 bits per heavy atom. The standard InChI is InChI=1S/C28H34NO3.BrH/c1-27(2,3)17-10-18-29-19-15-22(16-20-29)25(21-29)32-26(30)28(31,23-11-6-4-7-12-23)24-13-8-5-9-14-24;/h4-9,11-14,22,25,31H,15-16,18-21H2,1-3H3;1H/q+1;/p-1/t22?,25-,29?;/m0./s1. The van der Waals surface area contributed by atoms with Gasteiger partial charge in [-0.1, -0.05) is 66.6 Å². The van der Waals surface area contributed by atoms with Gasteiger partial charge in [0, 0.05) is 24.2 Å². The van der Waals surface area contributed by atoms with Crippen LogP contribution in [-0.2, 0) is 15.1 Å². The predicted molar refractivity (Wildman–Crippen MR) is 125 cm³/mol. The van der Waals surface area contributed by atoms with Gasteiger partial charge < -0.3 is 31.3 Å². The van der Waals surface area contributed by atoms with Gasteiger partial charge in [0.15, 0.2) is 6.10 Å². The summed E-state index contributed by atoms with van der Waals surface area (Å²) in [5, 5.41) is 11.7. The van der Waals surface area contributed by atoms with E-state index in [1.807, 2.05) is 36.4 Å². The van der Waals surface area contributed by atoms with E-state index >= 15 is 0 Å². The van der Waals surface area contributed by atoms with Gasteiger partial charge in [-0.3, -0.25) is 0 Å². The van der Waals surface area contributed by atoms with E-state index in [0.29, 0.717) is 17.0 Å². The van der Waals surface area contributed by atoms with Gasteiger partial charge in [0.2, 0.25) is 5.60 Å². The number of carbonyl (C=O) groups excluding carboxylic acids is 1. The third kappa shape index (κ3) is 5.51. The van der Waals surface area contributed by atoms with E-state index in [1.165, 1.54) is 0 Å². The van der Waals surface area contributed by atoms with Crippen LogP contribution in [0.4, 0.5) is 0 Å². The summed E-state index contributed by atoms with van der Waals surface area (Å²) in [6, 6.07) is 18.2. The molecule has 0 aromatic heterocycles. The summed E-state index contributed by atoms with van der Waals surface area (Å²) in [5.41, 5.74) is -0.791. The Morgan fingerprint density at radius 1 is 1.00 bits per heavy atom. The minimum Gasteiger partial charge on any atom is -1.00 e. The maximum Gasteiger partial charge on any atom is 0.348 e. The highest BCUT2D eigenvalue weighted by molar-refractivity contribution is 5.85. The third-order valence-electron chi connectivity index (χ3n) is 6.86. The second-order valence-electron chi connectivity index (χ2n) is 10.4. The van der Waals surface area contributed by atoms with Crippen LogP contribution in [0.3, 0.4) is 0 Å². The van der Waals surface area contributed by atoms with Crippen molar-refractivity contribution in [2.45, 2.75) is 45.3 Å². The molecule has 1 N–H and O–H groups in total. The molecule has 0 spiro atoms. The highest BCUT2D eigenvalue weighted by Crippen LogP contribution is 2.38. The number of nitrogens with zero attached hydrogens (tertiary/aromatic N) is 1. The molecule has 0 radical (unpaired) electrons. The van der Waals surface area contributed by atoms with Gasteiger partial charge in [-0.05, 0) is 37.8 Å². The van der Waals surface area contributed by atoms with Crippen LogP contribution in [0.5, 0.6) is 0 Å². The fourth-order valence-corrected chi connectivity index (χ4v) is 5.03. The van der Waals surface area contributed by atoms with Gasteiger partial charge in [-0.15, -0.1) is 0 Å². The average Bonchev–Trinajstić information content (AvgIpc) is 2.79. The highest BCUT2D eigenvalue weighted by atomic mass is 79.9. The molecule has 3 fully saturated rings. The fraction of sp³-hybridized carbons (Fsp3) is 0.464. The molecule has 176 valence electrons. The smallest absolute Gasteiger partial charge is 0.348 e. The number of ether oxygens (including phenoxy) is 1. The molecule has 0 unspecified atom stereocenters. The Labute approximate surface area is 208 Å². The van der Waals surface area contributed by atoms with Crippen LogP contribution in [0.2, 0.25) is 0 Å². The number of aliphatic hydroxyl groups is 1. The quantitative estimate of drug-likeness (QED) is 0.371. The molecule has 33 heavy (non-hydrogen) atoms. The van der Waals surface area contributed by atoms with E-state index in [4.69, 9.17) is 4.74 Å². The first kappa shape index (κ1) is 25.5. The molecule has 0 aliphatic carbocycles. The van der Waals surface area contributed by atoms with Crippen molar-refractivity contribution >= 4 is 5.97 Å². The van der Waals surface area contributed by atoms with Crippen LogP contribution in [0.1, 0.15) is 44.7 Å². The summed E-state index contributed by atoms with van der Waals surface area (Å²) >= 11 is 0. The fourth-order valence-electron chi connectivity index (χ4n) is 5.03. The van der Waals surface area contributed by atoms with E-state index in [1.54, 1.807) is 24.3 Å². The number of rotatable bonds is 5. The van der Waals surface area contributed by atoms with Crippen LogP contribution in [0.15, 0.2) is 60.7 Å². The summed E-state index contributed by atoms with van der Waals surface area (Å²) in [7, 11) is 0. The van der Waals surface area contributed by atoms with Crippen LogP contribution >= 0.6 is 0 Å². The minimum atomic E-state index is -1.83. The van der Waals surface area contributed by atoms with Crippen molar-refractivity contribution in [3.63, 3.8) is 0 Å². The van der Waals surface area contributed by atoms with Crippen molar-refractivity contribution in [2.24, 2.45) is 11.3 Å². The molecule has 2 aromatic rings. The van der Waals surface area contributed by atoms with Gasteiger partial charge in [-0.2, -0.15) is 0 Å². The van der Waals surface area contributed by atoms with Crippen molar-refractivity contribution < 1.29 is 36.1 Å². The SMILES string of the molecule is CC(C)(C)C#CC[N+]12CCC(CC1)[C@@H](OC(=O)C(O)(c1ccccc1)c1ccccc1)C2.[Br-]. The molecule has 5 rings (SSSR count). The van der Waals surface area contributed by atoms with Gasteiger partial charge in [0.05, 0.1) is 13.1 Å². The number of carbonyl (C=O) groups is 1. The van der Waals surface area contributed by atoms with Crippen LogP contribution in [0, 0.1) is 23.2 Å². The molecule has 3 saturated heterocycles. The molecule has 0 amide bonds. The molecule has 5 heteroatoms. The minimum absolute atomic E-state index is 0. The number of fused-ring (bicyclic) bond motifs is 3. The number of halogens is 1. The Bertz CT molecular complexity index is 957. The van der Waals surface area contributed by atoms with E-state index in [9.17, 15) is 9.90 Å². The van der Waals surface area contributed by atoms with Crippen LogP contribution < -0.4 is 17.0 Å². The largest absolute Gasteiger partial charge is 1.00 e. The van der Waals surface area contributed by atoms with Crippen molar-refractivity contribution in [1.29, 1.82) is 0 Å². The van der Waals surface area contributed by atoms with Crippen LogP contribution in [-0.4, -0.2) is 47.8 Å². The average molecular weight is 512 g/mol. The first-order valence-corrected chi connectivity index (χ1v) is 11.6. The summed E-state index contributed by atoms with van der Waals surface area (Å²) in [6.45, 7) is 10.1. The number of hydrogen-bond donors (Lipinski definition) is 1. The zero-order valence-electron chi connectivity index (χ0n) is 19.8. The van der Waals surface area contributed by atoms with Gasteiger partial charge in [0.1, 0.15) is 13.1 Å². The molecule has 4 nitrogen and oxygen atoms in total. The monoisotopic (exact) mass is 511 g/mol. The topological polar surface area (TPSA) is 46.5 Å². The maximum atomic E-state index is 13.6. The van der Waals surface area contributed by atoms with Crippen molar-refractivity contribution in [2.75, 3.05) is 26.2 Å². The summed E-state index contributed by atoms with van der Waals surface area (Å²) in [4.78, 5) is 13.6. The molecule has 3 aliphatic heterocycles. The molecule has 3 heterocycles. The van der Waals surface area contributed by atoms with Crippen molar-refractivity contribution in [1.82, 2.24) is 0 Å². The Hall–Kier alpha value is -2.13. The summed E-state index contributed by atoms with van der Waals surface area (Å²) in [5.74, 6) is 6.52.